The fourth-order valence-corrected chi connectivity index (χ4v) is 2.50. The molecule has 2 saturated heterocycles. The molecule has 1 unspecified atom stereocenters. The topological polar surface area (TPSA) is 81.8 Å². The molecule has 7 heteroatoms. The SMILES string of the molecule is CC(C)(C)C1(C)NC(=O)N(CC(=O)N2CCNCC2)C1=O. The molecular formula is C14H24N4O3. The summed E-state index contributed by atoms with van der Waals surface area (Å²) >= 11 is 0. The normalized spacial score (nSPS) is 27.0. The molecule has 1 atom stereocenters. The third-order valence-corrected chi connectivity index (χ3v) is 4.54. The first-order chi connectivity index (χ1) is 9.67. The zero-order valence-corrected chi connectivity index (χ0v) is 13.2. The number of imide groups is 1. The Morgan fingerprint density at radius 2 is 1.81 bits per heavy atom. The third kappa shape index (κ3) is 2.74. The van der Waals surface area contributed by atoms with Gasteiger partial charge < -0.3 is 15.5 Å². The molecule has 0 aliphatic carbocycles. The van der Waals surface area contributed by atoms with E-state index < -0.39 is 17.0 Å². The standard InChI is InChI=1S/C14H24N4O3/c1-13(2,3)14(4)11(20)18(12(21)16-14)9-10(19)17-7-5-15-6-8-17/h15H,5-9H2,1-4H3,(H,16,21). The van der Waals surface area contributed by atoms with E-state index in [4.69, 9.17) is 0 Å². The first-order valence-corrected chi connectivity index (χ1v) is 7.29. The van der Waals surface area contributed by atoms with Crippen molar-refractivity contribution in [1.82, 2.24) is 20.4 Å². The highest BCUT2D eigenvalue weighted by molar-refractivity contribution is 6.09. The van der Waals surface area contributed by atoms with E-state index in [1.54, 1.807) is 11.8 Å². The molecule has 118 valence electrons. The van der Waals surface area contributed by atoms with Crippen LogP contribution in [0.3, 0.4) is 0 Å². The number of piperazine rings is 1. The van der Waals surface area contributed by atoms with Crippen LogP contribution in [0.15, 0.2) is 0 Å². The number of hydrogen-bond donors (Lipinski definition) is 2. The summed E-state index contributed by atoms with van der Waals surface area (Å²) in [5.41, 5.74) is -1.40. The Hall–Kier alpha value is -1.63. The van der Waals surface area contributed by atoms with Gasteiger partial charge in [-0.05, 0) is 12.3 Å². The summed E-state index contributed by atoms with van der Waals surface area (Å²) in [5.74, 6) is -0.512. The van der Waals surface area contributed by atoms with Gasteiger partial charge >= 0.3 is 6.03 Å². The Kier molecular flexibility index (Phi) is 3.97. The molecule has 0 saturated carbocycles. The van der Waals surface area contributed by atoms with Crippen LogP contribution in [0.4, 0.5) is 4.79 Å². The highest BCUT2D eigenvalue weighted by atomic mass is 16.2. The van der Waals surface area contributed by atoms with Crippen molar-refractivity contribution in [3.63, 3.8) is 0 Å². The molecule has 0 aromatic carbocycles. The Balaban J connectivity index is 2.09. The monoisotopic (exact) mass is 296 g/mol. The Bertz CT molecular complexity index is 465. The first-order valence-electron chi connectivity index (χ1n) is 7.29. The van der Waals surface area contributed by atoms with E-state index in [-0.39, 0.29) is 18.4 Å². The molecule has 2 aliphatic heterocycles. The quantitative estimate of drug-likeness (QED) is 0.690. The Morgan fingerprint density at radius 3 is 2.29 bits per heavy atom. The zero-order valence-electron chi connectivity index (χ0n) is 13.2. The van der Waals surface area contributed by atoms with Crippen LogP contribution in [-0.4, -0.2) is 65.9 Å². The number of amides is 4. The molecule has 2 heterocycles. The lowest BCUT2D eigenvalue weighted by Crippen LogP contribution is -2.55. The smallest absolute Gasteiger partial charge is 0.325 e. The second-order valence-electron chi connectivity index (χ2n) is 6.83. The van der Waals surface area contributed by atoms with E-state index in [0.717, 1.165) is 18.0 Å². The number of carbonyl (C=O) groups excluding carboxylic acids is 3. The van der Waals surface area contributed by atoms with Crippen LogP contribution in [0.2, 0.25) is 0 Å². The van der Waals surface area contributed by atoms with Crippen molar-refractivity contribution in [2.45, 2.75) is 33.2 Å². The molecule has 2 fully saturated rings. The van der Waals surface area contributed by atoms with Gasteiger partial charge in [-0.15, -0.1) is 0 Å². The predicted molar refractivity (Wildman–Crippen MR) is 77.6 cm³/mol. The molecule has 2 aliphatic rings. The maximum atomic E-state index is 12.6. The largest absolute Gasteiger partial charge is 0.339 e. The van der Waals surface area contributed by atoms with E-state index >= 15 is 0 Å². The van der Waals surface area contributed by atoms with Crippen molar-refractivity contribution >= 4 is 17.8 Å². The zero-order chi connectivity index (χ0) is 15.8. The van der Waals surface area contributed by atoms with Gasteiger partial charge in [0.15, 0.2) is 0 Å². The number of hydrogen-bond acceptors (Lipinski definition) is 4. The van der Waals surface area contributed by atoms with Crippen molar-refractivity contribution in [2.75, 3.05) is 32.7 Å². The molecule has 4 amide bonds. The van der Waals surface area contributed by atoms with Crippen LogP contribution in [0.5, 0.6) is 0 Å². The maximum absolute atomic E-state index is 12.6. The minimum absolute atomic E-state index is 0.182. The number of urea groups is 1. The van der Waals surface area contributed by atoms with E-state index in [1.807, 2.05) is 20.8 Å². The summed E-state index contributed by atoms with van der Waals surface area (Å²) in [7, 11) is 0. The summed E-state index contributed by atoms with van der Waals surface area (Å²) in [6, 6.07) is -0.485. The average Bonchev–Trinajstić information content (AvgIpc) is 2.64. The summed E-state index contributed by atoms with van der Waals surface area (Å²) in [5, 5.41) is 5.89. The van der Waals surface area contributed by atoms with E-state index in [0.29, 0.717) is 13.1 Å². The molecule has 0 aromatic rings. The fourth-order valence-electron chi connectivity index (χ4n) is 2.50. The lowest BCUT2D eigenvalue weighted by molar-refractivity contribution is -0.140. The van der Waals surface area contributed by atoms with Crippen molar-refractivity contribution in [3.8, 4) is 0 Å². The van der Waals surface area contributed by atoms with Crippen LogP contribution in [0, 0.1) is 5.41 Å². The summed E-state index contributed by atoms with van der Waals surface area (Å²) < 4.78 is 0. The van der Waals surface area contributed by atoms with Gasteiger partial charge in [0.2, 0.25) is 5.91 Å². The highest BCUT2D eigenvalue weighted by Crippen LogP contribution is 2.35. The molecule has 2 rings (SSSR count). The minimum atomic E-state index is -0.978. The lowest BCUT2D eigenvalue weighted by Gasteiger charge is -2.35. The molecule has 0 spiro atoms. The second kappa shape index (κ2) is 5.29. The third-order valence-electron chi connectivity index (χ3n) is 4.54. The van der Waals surface area contributed by atoms with Crippen LogP contribution < -0.4 is 10.6 Å². The van der Waals surface area contributed by atoms with Gasteiger partial charge in [0.05, 0.1) is 0 Å². The van der Waals surface area contributed by atoms with Gasteiger partial charge in [-0.2, -0.15) is 0 Å². The average molecular weight is 296 g/mol. The molecule has 0 bridgehead atoms. The van der Waals surface area contributed by atoms with Gasteiger partial charge in [-0.3, -0.25) is 14.5 Å². The number of rotatable bonds is 2. The van der Waals surface area contributed by atoms with Gasteiger partial charge in [0.1, 0.15) is 12.1 Å². The van der Waals surface area contributed by atoms with Crippen LogP contribution in [0.25, 0.3) is 0 Å². The minimum Gasteiger partial charge on any atom is -0.339 e. The molecule has 0 aromatic heterocycles. The number of nitrogens with zero attached hydrogens (tertiary/aromatic N) is 2. The van der Waals surface area contributed by atoms with Gasteiger partial charge in [0, 0.05) is 26.2 Å². The van der Waals surface area contributed by atoms with Crippen molar-refractivity contribution < 1.29 is 14.4 Å². The number of nitrogens with one attached hydrogen (secondary N) is 2. The molecule has 2 N–H and O–H groups in total. The van der Waals surface area contributed by atoms with E-state index in [2.05, 4.69) is 10.6 Å². The second-order valence-corrected chi connectivity index (χ2v) is 6.83. The van der Waals surface area contributed by atoms with Crippen molar-refractivity contribution in [3.05, 3.63) is 0 Å². The van der Waals surface area contributed by atoms with Gasteiger partial charge in [0.25, 0.3) is 5.91 Å². The summed E-state index contributed by atoms with van der Waals surface area (Å²) in [4.78, 5) is 39.6. The molecule has 7 nitrogen and oxygen atoms in total. The maximum Gasteiger partial charge on any atom is 0.325 e. The number of carbonyl (C=O) groups is 3. The van der Waals surface area contributed by atoms with E-state index in [9.17, 15) is 14.4 Å². The predicted octanol–water partition coefficient (Wildman–Crippen LogP) is -0.225. The molecular weight excluding hydrogens is 272 g/mol. The van der Waals surface area contributed by atoms with Crippen LogP contribution in [-0.2, 0) is 9.59 Å². The molecule has 21 heavy (non-hydrogen) atoms. The van der Waals surface area contributed by atoms with Gasteiger partial charge in [-0.1, -0.05) is 20.8 Å². The summed E-state index contributed by atoms with van der Waals surface area (Å²) in [6.07, 6.45) is 0. The van der Waals surface area contributed by atoms with Crippen molar-refractivity contribution in [1.29, 1.82) is 0 Å². The Morgan fingerprint density at radius 1 is 1.24 bits per heavy atom. The van der Waals surface area contributed by atoms with E-state index in [1.165, 1.54) is 0 Å². The van der Waals surface area contributed by atoms with Crippen LogP contribution >= 0.6 is 0 Å². The first kappa shape index (κ1) is 15.8. The van der Waals surface area contributed by atoms with Crippen LogP contribution in [0.1, 0.15) is 27.7 Å². The lowest BCUT2D eigenvalue weighted by atomic mass is 9.75. The highest BCUT2D eigenvalue weighted by Gasteiger charge is 2.54. The van der Waals surface area contributed by atoms with Crippen molar-refractivity contribution in [2.24, 2.45) is 5.41 Å². The summed E-state index contributed by atoms with van der Waals surface area (Å²) in [6.45, 7) is 9.92. The molecule has 0 radical (unpaired) electrons. The Labute approximate surface area is 125 Å². The van der Waals surface area contributed by atoms with Gasteiger partial charge in [-0.25, -0.2) is 4.79 Å². The fraction of sp³-hybridized carbons (Fsp3) is 0.786.